The molecule has 5 aromatic rings. The van der Waals surface area contributed by atoms with Crippen molar-refractivity contribution in [2.24, 2.45) is 5.41 Å². The number of rotatable bonds is 2. The highest BCUT2D eigenvalue weighted by Crippen LogP contribution is 2.43. The number of hydrogen-bond acceptors (Lipinski definition) is 3. The van der Waals surface area contributed by atoms with Gasteiger partial charge in [-0.25, -0.2) is 0 Å². The van der Waals surface area contributed by atoms with Crippen molar-refractivity contribution in [1.29, 1.82) is 0 Å². The van der Waals surface area contributed by atoms with Gasteiger partial charge >= 0.3 is 0 Å². The molecule has 4 heteroatoms. The Morgan fingerprint density at radius 1 is 0.943 bits per heavy atom. The van der Waals surface area contributed by atoms with Crippen LogP contribution in [0.5, 0.6) is 5.75 Å². The molecule has 0 saturated carbocycles. The van der Waals surface area contributed by atoms with Gasteiger partial charge in [-0.3, -0.25) is 4.98 Å². The molecule has 0 aliphatic carbocycles. The lowest BCUT2D eigenvalue weighted by Gasteiger charge is -2.33. The first-order chi connectivity index (χ1) is 18.6. The van der Waals surface area contributed by atoms with E-state index in [1.165, 1.54) is 16.9 Å². The molecule has 0 bridgehead atoms. The minimum absolute atomic E-state index is 0.0803. The molecule has 0 atom stereocenters. The summed E-state index contributed by atoms with van der Waals surface area (Å²) in [5.41, 5.74) is 3.81. The van der Waals surface area contributed by atoms with Gasteiger partial charge in [0.1, 0.15) is 16.9 Å². The lowest BCUT2D eigenvalue weighted by Crippen LogP contribution is -2.50. The smallest absolute Gasteiger partial charge is 0.277 e. The topological polar surface area (TPSA) is 35.3 Å². The van der Waals surface area contributed by atoms with E-state index in [9.17, 15) is 0 Å². The lowest BCUT2D eigenvalue weighted by atomic mass is 9.86. The third kappa shape index (κ3) is 3.68. The first-order valence-corrected chi connectivity index (χ1v) is 14.8. The standard InChI is InChI=1S/C31H31NO2Si/c1-19-18-32-26(14-20(19)17-31(2,3)4)23-12-9-11-22-25-16-28-24(15-27(25)33-30(22)23)21-10-7-8-13-29(21)35(5,6)34-28/h7-16,18H,17H2,1-6H3/i1D3,17D2. The Hall–Kier alpha value is -3.37. The molecular formula is C31H31NO2Si. The van der Waals surface area contributed by atoms with E-state index in [-0.39, 0.29) is 11.1 Å². The van der Waals surface area contributed by atoms with E-state index >= 15 is 0 Å². The molecule has 35 heavy (non-hydrogen) atoms. The summed E-state index contributed by atoms with van der Waals surface area (Å²) in [4.78, 5) is 4.51. The molecule has 0 fully saturated rings. The molecule has 0 spiro atoms. The van der Waals surface area contributed by atoms with Crippen molar-refractivity contribution in [3.8, 4) is 28.1 Å². The molecule has 0 amide bonds. The van der Waals surface area contributed by atoms with E-state index in [0.717, 1.165) is 22.1 Å². The number of pyridine rings is 1. The molecule has 3 aromatic carbocycles. The highest BCUT2D eigenvalue weighted by molar-refractivity contribution is 6.86. The Bertz CT molecular complexity index is 1820. The number of hydrogen-bond donors (Lipinski definition) is 0. The van der Waals surface area contributed by atoms with E-state index in [0.29, 0.717) is 22.4 Å². The van der Waals surface area contributed by atoms with Crippen LogP contribution in [0.15, 0.2) is 71.3 Å². The van der Waals surface area contributed by atoms with E-state index in [1.54, 1.807) is 26.8 Å². The molecule has 0 N–H and O–H groups in total. The zero-order valence-electron chi connectivity index (χ0n) is 25.6. The summed E-state index contributed by atoms with van der Waals surface area (Å²) in [6.45, 7) is 7.20. The Kier molecular flexibility index (Phi) is 3.70. The highest BCUT2D eigenvalue weighted by Gasteiger charge is 2.36. The number of benzene rings is 3. The van der Waals surface area contributed by atoms with Gasteiger partial charge in [-0.1, -0.05) is 57.2 Å². The average molecular weight is 483 g/mol. The van der Waals surface area contributed by atoms with Crippen molar-refractivity contribution in [2.45, 2.75) is 47.1 Å². The summed E-state index contributed by atoms with van der Waals surface area (Å²) in [7, 11) is -2.14. The van der Waals surface area contributed by atoms with Crippen molar-refractivity contribution in [1.82, 2.24) is 4.98 Å². The fourth-order valence-electron chi connectivity index (χ4n) is 5.00. The van der Waals surface area contributed by atoms with Gasteiger partial charge in [-0.05, 0) is 77.9 Å². The summed E-state index contributed by atoms with van der Waals surface area (Å²) < 4.78 is 55.0. The van der Waals surface area contributed by atoms with Gasteiger partial charge in [0.2, 0.25) is 0 Å². The first-order valence-electron chi connectivity index (χ1n) is 14.4. The zero-order valence-corrected chi connectivity index (χ0v) is 21.6. The molecule has 3 heterocycles. The normalized spacial score (nSPS) is 17.5. The zero-order chi connectivity index (χ0) is 28.8. The van der Waals surface area contributed by atoms with Gasteiger partial charge in [-0.15, -0.1) is 0 Å². The van der Waals surface area contributed by atoms with E-state index in [1.807, 2.05) is 30.3 Å². The third-order valence-corrected chi connectivity index (χ3v) is 8.98. The molecule has 0 unspecified atom stereocenters. The monoisotopic (exact) mass is 482 g/mol. The molecule has 3 nitrogen and oxygen atoms in total. The van der Waals surface area contributed by atoms with Gasteiger partial charge in [0.15, 0.2) is 0 Å². The summed E-state index contributed by atoms with van der Waals surface area (Å²) >= 11 is 0. The predicted molar refractivity (Wildman–Crippen MR) is 148 cm³/mol. The fraction of sp³-hybridized carbons (Fsp3) is 0.258. The van der Waals surface area contributed by atoms with E-state index < -0.39 is 27.0 Å². The second kappa shape index (κ2) is 7.56. The van der Waals surface area contributed by atoms with E-state index in [2.05, 4.69) is 42.3 Å². The lowest BCUT2D eigenvalue weighted by molar-refractivity contribution is 0.410. The maximum absolute atomic E-state index is 8.89. The summed E-state index contributed by atoms with van der Waals surface area (Å²) in [5, 5.41) is 3.06. The Morgan fingerprint density at radius 2 is 1.74 bits per heavy atom. The number of para-hydroxylation sites is 1. The SMILES string of the molecule is [2H]C([2H])([2H])c1cnc(-c2cccc3c2oc2cc4c(cc23)O[Si](C)(C)c2ccccc2-4)cc1C([2H])([2H])C(C)(C)C. The summed E-state index contributed by atoms with van der Waals surface area (Å²) in [6, 6.07) is 19.8. The van der Waals surface area contributed by atoms with Crippen LogP contribution in [-0.4, -0.2) is 13.3 Å². The maximum atomic E-state index is 8.89. The van der Waals surface area contributed by atoms with Crippen molar-refractivity contribution in [3.63, 3.8) is 0 Å². The van der Waals surface area contributed by atoms with Gasteiger partial charge in [-0.2, -0.15) is 0 Å². The van der Waals surface area contributed by atoms with Crippen LogP contribution in [0.4, 0.5) is 0 Å². The average Bonchev–Trinajstić information content (AvgIpc) is 3.23. The number of aromatic nitrogens is 1. The predicted octanol–water partition coefficient (Wildman–Crippen LogP) is 8.02. The Morgan fingerprint density at radius 3 is 2.54 bits per heavy atom. The first kappa shape index (κ1) is 17.1. The highest BCUT2D eigenvalue weighted by atomic mass is 28.4. The van der Waals surface area contributed by atoms with Crippen molar-refractivity contribution < 1.29 is 15.7 Å². The molecule has 0 radical (unpaired) electrons. The van der Waals surface area contributed by atoms with Gasteiger partial charge < -0.3 is 8.84 Å². The second-order valence-corrected chi connectivity index (χ2v) is 14.5. The number of fused-ring (bicyclic) bond motifs is 6. The van der Waals surface area contributed by atoms with Crippen molar-refractivity contribution >= 4 is 35.4 Å². The second-order valence-electron chi connectivity index (χ2n) is 10.8. The molecule has 1 aliphatic rings. The van der Waals surface area contributed by atoms with Crippen LogP contribution in [0.1, 0.15) is 38.8 Å². The van der Waals surface area contributed by atoms with Crippen LogP contribution in [-0.2, 0) is 6.37 Å². The largest absolute Gasteiger partial charge is 0.539 e. The maximum Gasteiger partial charge on any atom is 0.277 e. The molecular weight excluding hydrogens is 446 g/mol. The molecule has 2 aromatic heterocycles. The minimum Gasteiger partial charge on any atom is -0.539 e. The van der Waals surface area contributed by atoms with Crippen LogP contribution in [0.2, 0.25) is 13.1 Å². The Balaban J connectivity index is 1.58. The quantitative estimate of drug-likeness (QED) is 0.239. The number of aryl methyl sites for hydroxylation is 1. The van der Waals surface area contributed by atoms with Gasteiger partial charge in [0.25, 0.3) is 8.32 Å². The molecule has 176 valence electrons. The van der Waals surface area contributed by atoms with Crippen LogP contribution in [0, 0.1) is 12.3 Å². The minimum atomic E-state index is -2.50. The third-order valence-electron chi connectivity index (χ3n) is 6.52. The van der Waals surface area contributed by atoms with Crippen molar-refractivity contribution in [2.75, 3.05) is 0 Å². The summed E-state index contributed by atoms with van der Waals surface area (Å²) in [6.07, 6.45) is -0.629. The molecule has 6 rings (SSSR count). The molecule has 1 aliphatic heterocycles. The van der Waals surface area contributed by atoms with Crippen LogP contribution in [0.3, 0.4) is 0 Å². The van der Waals surface area contributed by atoms with Gasteiger partial charge in [0.05, 0.1) is 5.69 Å². The Labute approximate surface area is 214 Å². The van der Waals surface area contributed by atoms with Crippen LogP contribution < -0.4 is 9.61 Å². The number of nitrogens with zero attached hydrogens (tertiary/aromatic N) is 1. The number of furan rings is 1. The van der Waals surface area contributed by atoms with Crippen LogP contribution in [0.25, 0.3) is 44.3 Å². The fourth-order valence-corrected chi connectivity index (χ4v) is 7.20. The summed E-state index contributed by atoms with van der Waals surface area (Å²) in [5.74, 6) is 0.844. The molecule has 0 saturated heterocycles. The van der Waals surface area contributed by atoms with E-state index in [4.69, 9.17) is 15.7 Å². The van der Waals surface area contributed by atoms with Crippen molar-refractivity contribution in [3.05, 3.63) is 78.0 Å². The van der Waals surface area contributed by atoms with Gasteiger partial charge in [0, 0.05) is 34.9 Å². The van der Waals surface area contributed by atoms with Crippen LogP contribution >= 0.6 is 0 Å².